The Morgan fingerprint density at radius 2 is 2.22 bits per heavy atom. The van der Waals surface area contributed by atoms with Crippen molar-refractivity contribution in [3.63, 3.8) is 0 Å². The Kier molecular flexibility index (Phi) is 4.12. The monoisotopic (exact) mass is 256 g/mol. The minimum absolute atomic E-state index is 0.0806. The zero-order chi connectivity index (χ0) is 13.2. The first-order chi connectivity index (χ1) is 8.59. The maximum absolute atomic E-state index is 11.8. The summed E-state index contributed by atoms with van der Waals surface area (Å²) < 4.78 is 11.3. The van der Waals surface area contributed by atoms with Gasteiger partial charge in [0.1, 0.15) is 5.60 Å². The number of likely N-dealkylation sites (tertiary alicyclic amines) is 1. The molecule has 5 nitrogen and oxygen atoms in total. The van der Waals surface area contributed by atoms with Crippen molar-refractivity contribution in [3.8, 4) is 0 Å². The van der Waals surface area contributed by atoms with E-state index in [9.17, 15) is 4.79 Å². The first kappa shape index (κ1) is 13.6. The van der Waals surface area contributed by atoms with E-state index in [4.69, 9.17) is 9.47 Å². The van der Waals surface area contributed by atoms with Crippen LogP contribution in [0.3, 0.4) is 0 Å². The van der Waals surface area contributed by atoms with Gasteiger partial charge in [-0.25, -0.2) is 4.79 Å². The second-order valence-corrected chi connectivity index (χ2v) is 5.42. The summed E-state index contributed by atoms with van der Waals surface area (Å²) in [6.07, 6.45) is 2.13. The number of hydrogen-bond acceptors (Lipinski definition) is 3. The molecule has 2 rings (SSSR count). The van der Waals surface area contributed by atoms with Gasteiger partial charge in [0.2, 0.25) is 0 Å². The molecule has 2 fully saturated rings. The Balaban J connectivity index is 1.84. The molecule has 0 aromatic heterocycles. The minimum atomic E-state index is -0.0806. The van der Waals surface area contributed by atoms with E-state index in [1.165, 1.54) is 0 Å². The van der Waals surface area contributed by atoms with E-state index >= 15 is 0 Å². The summed E-state index contributed by atoms with van der Waals surface area (Å²) >= 11 is 0. The first-order valence-electron chi connectivity index (χ1n) is 6.77. The molecule has 0 aromatic rings. The van der Waals surface area contributed by atoms with Crippen LogP contribution in [0.1, 0.15) is 19.8 Å². The second kappa shape index (κ2) is 5.45. The molecule has 0 saturated carbocycles. The molecule has 1 unspecified atom stereocenters. The van der Waals surface area contributed by atoms with E-state index < -0.39 is 0 Å². The van der Waals surface area contributed by atoms with Gasteiger partial charge in [0.05, 0.1) is 13.1 Å². The number of urea groups is 1. The molecule has 2 aliphatic heterocycles. The normalized spacial score (nSPS) is 25.3. The third-order valence-corrected chi connectivity index (χ3v) is 3.98. The lowest BCUT2D eigenvalue weighted by atomic mass is 9.79. The average Bonchev–Trinajstić information content (AvgIpc) is 2.70. The third kappa shape index (κ3) is 2.47. The van der Waals surface area contributed by atoms with Crippen LogP contribution in [0.4, 0.5) is 4.79 Å². The van der Waals surface area contributed by atoms with Gasteiger partial charge in [-0.3, -0.25) is 0 Å². The highest BCUT2D eigenvalue weighted by Gasteiger charge is 2.54. The number of ether oxygens (including phenoxy) is 2. The fourth-order valence-corrected chi connectivity index (χ4v) is 2.93. The molecule has 0 aromatic carbocycles. The van der Waals surface area contributed by atoms with E-state index in [1.807, 2.05) is 11.8 Å². The summed E-state index contributed by atoms with van der Waals surface area (Å²) in [6, 6.07) is 0.0830. The van der Waals surface area contributed by atoms with Crippen molar-refractivity contribution in [2.24, 2.45) is 5.92 Å². The van der Waals surface area contributed by atoms with Gasteiger partial charge in [-0.15, -0.1) is 0 Å². The summed E-state index contributed by atoms with van der Waals surface area (Å²) in [4.78, 5) is 15.3. The van der Waals surface area contributed by atoms with Crippen LogP contribution in [-0.2, 0) is 9.47 Å². The molecule has 0 bridgehead atoms. The quantitative estimate of drug-likeness (QED) is 0.709. The van der Waals surface area contributed by atoms with Crippen molar-refractivity contribution < 1.29 is 14.3 Å². The van der Waals surface area contributed by atoms with Crippen LogP contribution in [0.15, 0.2) is 0 Å². The molecule has 2 heterocycles. The number of carbonyl (C=O) groups excluding carboxylic acids is 1. The van der Waals surface area contributed by atoms with Gasteiger partial charge < -0.3 is 19.3 Å². The number of hydrogen-bond donors (Lipinski definition) is 0. The van der Waals surface area contributed by atoms with Gasteiger partial charge in [-0.1, -0.05) is 0 Å². The standard InChI is InChI=1S/C13H24N2O3/c1-4-17-7-5-11-6-8-18-13(11)9-15(10-13)12(16)14(2)3/h11H,4-10H2,1-3H3. The topological polar surface area (TPSA) is 42.0 Å². The lowest BCUT2D eigenvalue weighted by Crippen LogP contribution is -2.67. The van der Waals surface area contributed by atoms with Crippen LogP contribution in [0.25, 0.3) is 0 Å². The number of amides is 2. The van der Waals surface area contributed by atoms with Gasteiger partial charge in [-0.05, 0) is 25.7 Å². The molecule has 0 N–H and O–H groups in total. The van der Waals surface area contributed by atoms with Crippen LogP contribution in [0.2, 0.25) is 0 Å². The maximum atomic E-state index is 11.8. The molecule has 2 aliphatic rings. The smallest absolute Gasteiger partial charge is 0.319 e. The van der Waals surface area contributed by atoms with Crippen molar-refractivity contribution in [1.29, 1.82) is 0 Å². The van der Waals surface area contributed by atoms with Crippen LogP contribution in [0.5, 0.6) is 0 Å². The van der Waals surface area contributed by atoms with Gasteiger partial charge >= 0.3 is 6.03 Å². The van der Waals surface area contributed by atoms with Crippen molar-refractivity contribution in [3.05, 3.63) is 0 Å². The van der Waals surface area contributed by atoms with E-state index in [0.29, 0.717) is 5.92 Å². The molecule has 2 saturated heterocycles. The zero-order valence-electron chi connectivity index (χ0n) is 11.6. The lowest BCUT2D eigenvalue weighted by Gasteiger charge is -2.50. The first-order valence-corrected chi connectivity index (χ1v) is 6.77. The molecule has 1 atom stereocenters. The Morgan fingerprint density at radius 3 is 2.83 bits per heavy atom. The van der Waals surface area contributed by atoms with Crippen molar-refractivity contribution in [1.82, 2.24) is 9.80 Å². The fraction of sp³-hybridized carbons (Fsp3) is 0.923. The molecular weight excluding hydrogens is 232 g/mol. The number of carbonyl (C=O) groups is 1. The van der Waals surface area contributed by atoms with Gasteiger partial charge in [-0.2, -0.15) is 0 Å². The van der Waals surface area contributed by atoms with Crippen LogP contribution < -0.4 is 0 Å². The lowest BCUT2D eigenvalue weighted by molar-refractivity contribution is -0.120. The van der Waals surface area contributed by atoms with Gasteiger partial charge in [0.25, 0.3) is 0 Å². The summed E-state index contributed by atoms with van der Waals surface area (Å²) in [5.74, 6) is 0.537. The Morgan fingerprint density at radius 1 is 1.50 bits per heavy atom. The average molecular weight is 256 g/mol. The van der Waals surface area contributed by atoms with Crippen LogP contribution >= 0.6 is 0 Å². The summed E-state index contributed by atoms with van der Waals surface area (Å²) in [5, 5.41) is 0. The van der Waals surface area contributed by atoms with Crippen molar-refractivity contribution in [2.45, 2.75) is 25.4 Å². The Labute approximate surface area is 109 Å². The maximum Gasteiger partial charge on any atom is 0.319 e. The highest BCUT2D eigenvalue weighted by atomic mass is 16.5. The van der Waals surface area contributed by atoms with E-state index in [-0.39, 0.29) is 11.6 Å². The molecule has 18 heavy (non-hydrogen) atoms. The van der Waals surface area contributed by atoms with Crippen LogP contribution in [-0.4, -0.2) is 68.4 Å². The van der Waals surface area contributed by atoms with Gasteiger partial charge in [0, 0.05) is 33.9 Å². The Bertz CT molecular complexity index is 301. The molecule has 104 valence electrons. The predicted molar refractivity (Wildman–Crippen MR) is 68.6 cm³/mol. The summed E-state index contributed by atoms with van der Waals surface area (Å²) in [6.45, 7) is 5.88. The molecular formula is C13H24N2O3. The highest BCUT2D eigenvalue weighted by Crippen LogP contribution is 2.41. The fourth-order valence-electron chi connectivity index (χ4n) is 2.93. The minimum Gasteiger partial charge on any atom is -0.382 e. The third-order valence-electron chi connectivity index (χ3n) is 3.98. The molecule has 0 aliphatic carbocycles. The number of rotatable bonds is 4. The molecule has 5 heteroatoms. The molecule has 1 spiro atoms. The van der Waals surface area contributed by atoms with E-state index in [2.05, 4.69) is 0 Å². The highest BCUT2D eigenvalue weighted by molar-refractivity contribution is 5.75. The Hall–Kier alpha value is -0.810. The zero-order valence-corrected chi connectivity index (χ0v) is 11.6. The second-order valence-electron chi connectivity index (χ2n) is 5.42. The summed E-state index contributed by atoms with van der Waals surface area (Å²) in [7, 11) is 3.57. The van der Waals surface area contributed by atoms with Crippen molar-refractivity contribution in [2.75, 3.05) is 47.0 Å². The largest absolute Gasteiger partial charge is 0.382 e. The van der Waals surface area contributed by atoms with E-state index in [1.54, 1.807) is 19.0 Å². The molecule has 0 radical (unpaired) electrons. The van der Waals surface area contributed by atoms with Crippen LogP contribution in [0, 0.1) is 5.92 Å². The molecule has 2 amide bonds. The SMILES string of the molecule is CCOCCC1CCOC12CN(C(=O)N(C)C)C2. The summed E-state index contributed by atoms with van der Waals surface area (Å²) in [5.41, 5.74) is -0.0806. The predicted octanol–water partition coefficient (Wildman–Crippen LogP) is 1.19. The van der Waals surface area contributed by atoms with Gasteiger partial charge in [0.15, 0.2) is 0 Å². The van der Waals surface area contributed by atoms with Crippen molar-refractivity contribution >= 4 is 6.03 Å². The van der Waals surface area contributed by atoms with E-state index in [0.717, 1.165) is 45.8 Å². The number of nitrogens with zero attached hydrogens (tertiary/aromatic N) is 2.